The van der Waals surface area contributed by atoms with Crippen molar-refractivity contribution in [2.45, 2.75) is 37.0 Å². The van der Waals surface area contributed by atoms with Crippen LogP contribution in [-0.4, -0.2) is 76.0 Å². The van der Waals surface area contributed by atoms with E-state index < -0.39 is 10.0 Å². The number of morpholine rings is 1. The van der Waals surface area contributed by atoms with Crippen molar-refractivity contribution < 1.29 is 17.9 Å². The van der Waals surface area contributed by atoms with Crippen LogP contribution >= 0.6 is 0 Å². The zero-order chi connectivity index (χ0) is 19.8. The summed E-state index contributed by atoms with van der Waals surface area (Å²) < 4.78 is 32.6. The van der Waals surface area contributed by atoms with Crippen LogP contribution < -0.4 is 5.32 Å². The lowest BCUT2D eigenvalue weighted by Gasteiger charge is -2.26. The summed E-state index contributed by atoms with van der Waals surface area (Å²) in [5.74, 6) is -0.330. The third kappa shape index (κ3) is 5.53. The average molecular weight is 410 g/mol. The maximum absolute atomic E-state index is 13.0. The molecule has 7 nitrogen and oxygen atoms in total. The molecule has 0 atom stereocenters. The molecule has 1 amide bonds. The first-order valence-corrected chi connectivity index (χ1v) is 11.7. The van der Waals surface area contributed by atoms with E-state index in [2.05, 4.69) is 10.2 Å². The van der Waals surface area contributed by atoms with Crippen molar-refractivity contribution in [2.24, 2.45) is 0 Å². The van der Waals surface area contributed by atoms with Gasteiger partial charge in [0.2, 0.25) is 10.0 Å². The van der Waals surface area contributed by atoms with Gasteiger partial charge in [0.05, 0.1) is 23.7 Å². The summed E-state index contributed by atoms with van der Waals surface area (Å²) in [4.78, 5) is 15.2. The Morgan fingerprint density at radius 3 is 2.39 bits per heavy atom. The fraction of sp³-hybridized carbons (Fsp3) is 0.650. The molecule has 2 fully saturated rings. The number of ether oxygens (including phenoxy) is 1. The normalized spacial score (nSPS) is 19.9. The molecule has 2 saturated heterocycles. The van der Waals surface area contributed by atoms with Crippen LogP contribution in [0.1, 0.15) is 42.5 Å². The molecule has 1 aromatic carbocycles. The molecule has 8 heteroatoms. The Kier molecular flexibility index (Phi) is 7.84. The Hall–Kier alpha value is -1.48. The van der Waals surface area contributed by atoms with Gasteiger partial charge in [0.15, 0.2) is 0 Å². The molecule has 28 heavy (non-hydrogen) atoms. The van der Waals surface area contributed by atoms with Crippen LogP contribution in [0.2, 0.25) is 0 Å². The number of amides is 1. The van der Waals surface area contributed by atoms with Crippen molar-refractivity contribution in [1.29, 1.82) is 0 Å². The third-order valence-corrected chi connectivity index (χ3v) is 7.31. The second-order valence-electron chi connectivity index (χ2n) is 7.38. The molecule has 2 aliphatic rings. The Bertz CT molecular complexity index is 740. The number of carbonyl (C=O) groups is 1. The number of benzene rings is 1. The summed E-state index contributed by atoms with van der Waals surface area (Å²) in [7, 11) is -3.71. The van der Waals surface area contributed by atoms with Crippen LogP contribution in [0.4, 0.5) is 0 Å². The van der Waals surface area contributed by atoms with Crippen LogP contribution in [0, 0.1) is 0 Å². The molecule has 1 aromatic rings. The molecule has 0 radical (unpaired) electrons. The number of nitrogens with zero attached hydrogens (tertiary/aromatic N) is 2. The van der Waals surface area contributed by atoms with Gasteiger partial charge in [0.25, 0.3) is 5.91 Å². The first-order chi connectivity index (χ1) is 13.6. The van der Waals surface area contributed by atoms with E-state index in [-0.39, 0.29) is 16.4 Å². The third-order valence-electron chi connectivity index (χ3n) is 5.35. The molecule has 0 saturated carbocycles. The van der Waals surface area contributed by atoms with E-state index in [4.69, 9.17) is 4.74 Å². The molecular weight excluding hydrogens is 378 g/mol. The Labute approximate surface area is 168 Å². The van der Waals surface area contributed by atoms with Crippen molar-refractivity contribution in [3.05, 3.63) is 29.8 Å². The summed E-state index contributed by atoms with van der Waals surface area (Å²) in [6, 6.07) is 6.45. The molecule has 156 valence electrons. The van der Waals surface area contributed by atoms with Crippen LogP contribution in [0.3, 0.4) is 0 Å². The van der Waals surface area contributed by atoms with Crippen LogP contribution in [0.5, 0.6) is 0 Å². The maximum atomic E-state index is 13.0. The molecular formula is C20H31N3O4S. The quantitative estimate of drug-likeness (QED) is 0.694. The second kappa shape index (κ2) is 10.3. The Morgan fingerprint density at radius 1 is 1.00 bits per heavy atom. The van der Waals surface area contributed by atoms with Gasteiger partial charge in [-0.2, -0.15) is 4.31 Å². The number of hydrogen-bond acceptors (Lipinski definition) is 5. The van der Waals surface area contributed by atoms with Crippen molar-refractivity contribution in [1.82, 2.24) is 14.5 Å². The number of carbonyl (C=O) groups excluding carboxylic acids is 1. The van der Waals surface area contributed by atoms with Gasteiger partial charge in [-0.15, -0.1) is 0 Å². The van der Waals surface area contributed by atoms with Crippen molar-refractivity contribution in [3.63, 3.8) is 0 Å². The minimum atomic E-state index is -3.71. The fourth-order valence-electron chi connectivity index (χ4n) is 3.76. The lowest BCUT2D eigenvalue weighted by atomic mass is 10.2. The standard InChI is InChI=1S/C20H31N3O4S/c24-20(21-10-7-13-22-11-5-1-2-6-12-22)18-8-3-4-9-19(18)28(25,26)23-14-16-27-17-15-23/h3-4,8-9H,1-2,5-7,10-17H2,(H,21,24). The number of hydrogen-bond donors (Lipinski definition) is 1. The van der Waals surface area contributed by atoms with E-state index in [1.807, 2.05) is 0 Å². The maximum Gasteiger partial charge on any atom is 0.252 e. The lowest BCUT2D eigenvalue weighted by molar-refractivity contribution is 0.0730. The SMILES string of the molecule is O=C(NCCCN1CCCCCC1)c1ccccc1S(=O)(=O)N1CCOCC1. The van der Waals surface area contributed by atoms with E-state index in [1.54, 1.807) is 18.2 Å². The lowest BCUT2D eigenvalue weighted by Crippen LogP contribution is -2.41. The highest BCUT2D eigenvalue weighted by Crippen LogP contribution is 2.21. The van der Waals surface area contributed by atoms with Crippen LogP contribution in [0.25, 0.3) is 0 Å². The van der Waals surface area contributed by atoms with E-state index in [9.17, 15) is 13.2 Å². The van der Waals surface area contributed by atoms with Gasteiger partial charge < -0.3 is 15.0 Å². The van der Waals surface area contributed by atoms with Gasteiger partial charge in [-0.3, -0.25) is 4.79 Å². The van der Waals surface area contributed by atoms with Gasteiger partial charge >= 0.3 is 0 Å². The van der Waals surface area contributed by atoms with E-state index in [1.165, 1.54) is 36.1 Å². The molecule has 2 aliphatic heterocycles. The zero-order valence-electron chi connectivity index (χ0n) is 16.4. The summed E-state index contributed by atoms with van der Waals surface area (Å²) in [5.41, 5.74) is 0.212. The highest BCUT2D eigenvalue weighted by atomic mass is 32.2. The van der Waals surface area contributed by atoms with Gasteiger partial charge in [-0.05, 0) is 51.0 Å². The van der Waals surface area contributed by atoms with Gasteiger partial charge in [0, 0.05) is 19.6 Å². The second-order valence-corrected chi connectivity index (χ2v) is 9.28. The number of sulfonamides is 1. The van der Waals surface area contributed by atoms with Crippen molar-refractivity contribution >= 4 is 15.9 Å². The highest BCUT2D eigenvalue weighted by molar-refractivity contribution is 7.89. The zero-order valence-corrected chi connectivity index (χ0v) is 17.3. The highest BCUT2D eigenvalue weighted by Gasteiger charge is 2.29. The molecule has 0 unspecified atom stereocenters. The number of likely N-dealkylation sites (tertiary alicyclic amines) is 1. The monoisotopic (exact) mass is 409 g/mol. The summed E-state index contributed by atoms with van der Waals surface area (Å²) >= 11 is 0. The smallest absolute Gasteiger partial charge is 0.252 e. The fourth-order valence-corrected chi connectivity index (χ4v) is 5.36. The average Bonchev–Trinajstić information content (AvgIpc) is 3.00. The summed E-state index contributed by atoms with van der Waals surface area (Å²) in [6.45, 7) is 5.16. The van der Waals surface area contributed by atoms with Crippen LogP contribution in [0.15, 0.2) is 29.2 Å². The Morgan fingerprint density at radius 2 is 1.68 bits per heavy atom. The molecule has 0 bridgehead atoms. The molecule has 0 aliphatic carbocycles. The van der Waals surface area contributed by atoms with Crippen molar-refractivity contribution in [2.75, 3.05) is 52.5 Å². The minimum Gasteiger partial charge on any atom is -0.379 e. The molecule has 2 heterocycles. The van der Waals surface area contributed by atoms with Crippen molar-refractivity contribution in [3.8, 4) is 0 Å². The molecule has 0 spiro atoms. The van der Waals surface area contributed by atoms with Gasteiger partial charge in [0.1, 0.15) is 0 Å². The van der Waals surface area contributed by atoms with E-state index >= 15 is 0 Å². The van der Waals surface area contributed by atoms with Gasteiger partial charge in [-0.25, -0.2) is 8.42 Å². The predicted molar refractivity (Wildman–Crippen MR) is 108 cm³/mol. The first kappa shape index (κ1) is 21.2. The first-order valence-electron chi connectivity index (χ1n) is 10.3. The van der Waals surface area contributed by atoms with Crippen LogP contribution in [-0.2, 0) is 14.8 Å². The molecule has 0 aromatic heterocycles. The summed E-state index contributed by atoms with van der Waals surface area (Å²) in [5, 5.41) is 2.90. The minimum absolute atomic E-state index is 0.0712. The Balaban J connectivity index is 1.58. The van der Waals surface area contributed by atoms with E-state index in [0.717, 1.165) is 26.1 Å². The molecule has 1 N–H and O–H groups in total. The number of rotatable bonds is 7. The topological polar surface area (TPSA) is 79.0 Å². The van der Waals surface area contributed by atoms with Gasteiger partial charge in [-0.1, -0.05) is 25.0 Å². The number of nitrogens with one attached hydrogen (secondary N) is 1. The largest absolute Gasteiger partial charge is 0.379 e. The summed E-state index contributed by atoms with van der Waals surface area (Å²) in [6.07, 6.45) is 5.98. The van der Waals surface area contributed by atoms with E-state index in [0.29, 0.717) is 32.8 Å². The molecule has 3 rings (SSSR count). The predicted octanol–water partition coefficient (Wildman–Crippen LogP) is 1.70.